The fraction of sp³-hybridized carbons (Fsp3) is 0.455. The van der Waals surface area contributed by atoms with Gasteiger partial charge in [0.15, 0.2) is 0 Å². The highest BCUT2D eigenvalue weighted by Gasteiger charge is 2.47. The van der Waals surface area contributed by atoms with Crippen LogP contribution in [0.5, 0.6) is 0 Å². The van der Waals surface area contributed by atoms with E-state index < -0.39 is 16.4 Å². The quantitative estimate of drug-likeness (QED) is 0.539. The van der Waals surface area contributed by atoms with Crippen LogP contribution in [0.25, 0.3) is 0 Å². The molecule has 4 N–H and O–H groups in total. The Morgan fingerprint density at radius 3 is 2.68 bits per heavy atom. The van der Waals surface area contributed by atoms with E-state index in [-0.39, 0.29) is 23.2 Å². The summed E-state index contributed by atoms with van der Waals surface area (Å²) in [6, 6.07) is 2.57. The maximum Gasteiger partial charge on any atom is 0.329 e. The van der Waals surface area contributed by atoms with E-state index in [1.165, 1.54) is 12.1 Å². The lowest BCUT2D eigenvalue weighted by Gasteiger charge is -2.26. The van der Waals surface area contributed by atoms with Gasteiger partial charge in [0.25, 0.3) is 0 Å². The van der Waals surface area contributed by atoms with Crippen LogP contribution in [-0.2, 0) is 4.79 Å². The Bertz CT molecular complexity index is 543. The summed E-state index contributed by atoms with van der Waals surface area (Å²) >= 11 is 0. The zero-order valence-electron chi connectivity index (χ0n) is 10.3. The van der Waals surface area contributed by atoms with Crippen molar-refractivity contribution in [2.45, 2.75) is 25.3 Å². The van der Waals surface area contributed by atoms with Crippen molar-refractivity contribution < 1.29 is 14.8 Å². The minimum Gasteiger partial charge on any atom is -0.480 e. The molecule has 1 saturated carbocycles. The first kappa shape index (κ1) is 13.1. The molecule has 1 aromatic rings. The molecule has 0 aliphatic heterocycles. The molecule has 1 heterocycles. The second-order valence-corrected chi connectivity index (χ2v) is 4.76. The molecule has 0 aromatic carbocycles. The lowest BCUT2D eigenvalue weighted by Crippen LogP contribution is -2.45. The Morgan fingerprint density at radius 1 is 1.63 bits per heavy atom. The van der Waals surface area contributed by atoms with E-state index in [9.17, 15) is 20.0 Å². The summed E-state index contributed by atoms with van der Waals surface area (Å²) < 4.78 is 0. The summed E-state index contributed by atoms with van der Waals surface area (Å²) in [4.78, 5) is 25.2. The number of nitrogens with two attached hydrogens (primary N) is 1. The maximum absolute atomic E-state index is 11.3. The standard InChI is InChI=1S/C11H14N4O4/c1-11(10(16)17,6-2-3-6)14-8-5-4-7(15(18)19)9(12)13-8/h4-6H,2-3H2,1H3,(H,16,17)(H3,12,13,14). The van der Waals surface area contributed by atoms with Gasteiger partial charge < -0.3 is 16.2 Å². The van der Waals surface area contributed by atoms with Crippen molar-refractivity contribution in [1.29, 1.82) is 0 Å². The van der Waals surface area contributed by atoms with Crippen molar-refractivity contribution in [3.8, 4) is 0 Å². The molecular formula is C11H14N4O4. The van der Waals surface area contributed by atoms with Gasteiger partial charge in [-0.1, -0.05) is 0 Å². The minimum absolute atomic E-state index is 0.0308. The third-order valence-electron chi connectivity index (χ3n) is 3.32. The van der Waals surface area contributed by atoms with Gasteiger partial charge in [0.05, 0.1) is 4.92 Å². The summed E-state index contributed by atoms with van der Waals surface area (Å²) in [7, 11) is 0. The largest absolute Gasteiger partial charge is 0.480 e. The van der Waals surface area contributed by atoms with E-state index in [1.807, 2.05) is 0 Å². The average molecular weight is 266 g/mol. The number of carboxylic acid groups (broad SMARTS) is 1. The summed E-state index contributed by atoms with van der Waals surface area (Å²) in [6.07, 6.45) is 1.66. The summed E-state index contributed by atoms with van der Waals surface area (Å²) in [6.45, 7) is 1.58. The SMILES string of the molecule is CC(Nc1ccc([N+](=O)[O-])c(N)n1)(C(=O)O)C1CC1. The van der Waals surface area contributed by atoms with Crippen molar-refractivity contribution in [2.75, 3.05) is 11.1 Å². The van der Waals surface area contributed by atoms with E-state index in [1.54, 1.807) is 6.92 Å². The van der Waals surface area contributed by atoms with E-state index >= 15 is 0 Å². The number of nitro groups is 1. The van der Waals surface area contributed by atoms with Gasteiger partial charge in [-0.2, -0.15) is 0 Å². The van der Waals surface area contributed by atoms with Crippen LogP contribution in [-0.4, -0.2) is 26.5 Å². The predicted molar refractivity (Wildman–Crippen MR) is 67.7 cm³/mol. The van der Waals surface area contributed by atoms with Crippen molar-refractivity contribution >= 4 is 23.3 Å². The van der Waals surface area contributed by atoms with Crippen molar-refractivity contribution in [3.05, 3.63) is 22.2 Å². The van der Waals surface area contributed by atoms with Crippen LogP contribution in [0.3, 0.4) is 0 Å². The van der Waals surface area contributed by atoms with Crippen molar-refractivity contribution in [2.24, 2.45) is 5.92 Å². The molecule has 1 atom stereocenters. The molecular weight excluding hydrogens is 252 g/mol. The first-order valence-corrected chi connectivity index (χ1v) is 5.77. The predicted octanol–water partition coefficient (Wildman–Crippen LogP) is 1.24. The van der Waals surface area contributed by atoms with Gasteiger partial charge in [0.2, 0.25) is 5.82 Å². The van der Waals surface area contributed by atoms with Crippen molar-refractivity contribution in [1.82, 2.24) is 4.98 Å². The minimum atomic E-state index is -1.13. The number of hydrogen-bond acceptors (Lipinski definition) is 6. The molecule has 8 heteroatoms. The normalized spacial score (nSPS) is 17.5. The van der Waals surface area contributed by atoms with Gasteiger partial charge in [0.1, 0.15) is 11.4 Å². The molecule has 0 amide bonds. The molecule has 1 aliphatic carbocycles. The number of pyridine rings is 1. The lowest BCUT2D eigenvalue weighted by atomic mass is 9.96. The van der Waals surface area contributed by atoms with Gasteiger partial charge in [-0.25, -0.2) is 9.78 Å². The first-order chi connectivity index (χ1) is 8.84. The molecule has 8 nitrogen and oxygen atoms in total. The molecule has 1 fully saturated rings. The van der Waals surface area contributed by atoms with Gasteiger partial charge >= 0.3 is 11.7 Å². The Balaban J connectivity index is 2.25. The number of carbonyl (C=O) groups is 1. The Morgan fingerprint density at radius 2 is 2.26 bits per heavy atom. The molecule has 1 aliphatic rings. The molecule has 1 aromatic heterocycles. The third-order valence-corrected chi connectivity index (χ3v) is 3.32. The Labute approximate surface area is 108 Å². The summed E-state index contributed by atoms with van der Waals surface area (Å²) in [5.41, 5.74) is 4.04. The van der Waals surface area contributed by atoms with E-state index in [2.05, 4.69) is 10.3 Å². The molecule has 0 saturated heterocycles. The highest BCUT2D eigenvalue weighted by molar-refractivity contribution is 5.83. The second kappa shape index (κ2) is 4.38. The molecule has 2 rings (SSSR count). The topological polar surface area (TPSA) is 131 Å². The fourth-order valence-electron chi connectivity index (χ4n) is 1.95. The number of carboxylic acids is 1. The molecule has 19 heavy (non-hydrogen) atoms. The fourth-order valence-corrected chi connectivity index (χ4v) is 1.95. The van der Waals surface area contributed by atoms with Gasteiger partial charge in [0, 0.05) is 6.07 Å². The molecule has 1 unspecified atom stereocenters. The van der Waals surface area contributed by atoms with Crippen LogP contribution in [0.15, 0.2) is 12.1 Å². The molecule has 0 spiro atoms. The van der Waals surface area contributed by atoms with E-state index in [0.717, 1.165) is 12.8 Å². The zero-order chi connectivity index (χ0) is 14.2. The number of hydrogen-bond donors (Lipinski definition) is 3. The molecule has 102 valence electrons. The van der Waals surface area contributed by atoms with Crippen LogP contribution >= 0.6 is 0 Å². The maximum atomic E-state index is 11.3. The number of nitrogen functional groups attached to an aromatic ring is 1. The number of nitrogens with one attached hydrogen (secondary N) is 1. The average Bonchev–Trinajstić information content (AvgIpc) is 3.11. The Kier molecular flexibility index (Phi) is 3.01. The van der Waals surface area contributed by atoms with Crippen LogP contribution in [0.4, 0.5) is 17.3 Å². The summed E-state index contributed by atoms with van der Waals surface area (Å²) in [5, 5.41) is 22.7. The molecule has 0 radical (unpaired) electrons. The van der Waals surface area contributed by atoms with Gasteiger partial charge in [-0.15, -0.1) is 0 Å². The van der Waals surface area contributed by atoms with Gasteiger partial charge in [-0.05, 0) is 31.7 Å². The highest BCUT2D eigenvalue weighted by atomic mass is 16.6. The third kappa shape index (κ3) is 2.42. The van der Waals surface area contributed by atoms with Crippen LogP contribution in [0.1, 0.15) is 19.8 Å². The first-order valence-electron chi connectivity index (χ1n) is 5.77. The second-order valence-electron chi connectivity index (χ2n) is 4.76. The number of anilines is 2. The smallest absolute Gasteiger partial charge is 0.329 e. The van der Waals surface area contributed by atoms with Crippen LogP contribution in [0.2, 0.25) is 0 Å². The summed E-state index contributed by atoms with van der Waals surface area (Å²) in [5.74, 6) is -0.963. The number of aliphatic carboxylic acids is 1. The number of nitrogens with zero attached hydrogens (tertiary/aromatic N) is 2. The monoisotopic (exact) mass is 266 g/mol. The van der Waals surface area contributed by atoms with Gasteiger partial charge in [-0.3, -0.25) is 10.1 Å². The Hall–Kier alpha value is -2.38. The number of aromatic nitrogens is 1. The molecule has 0 bridgehead atoms. The lowest BCUT2D eigenvalue weighted by molar-refractivity contribution is -0.384. The number of rotatable bonds is 5. The van der Waals surface area contributed by atoms with Crippen LogP contribution < -0.4 is 11.1 Å². The van der Waals surface area contributed by atoms with E-state index in [0.29, 0.717) is 0 Å². The highest BCUT2D eigenvalue weighted by Crippen LogP contribution is 2.41. The zero-order valence-corrected chi connectivity index (χ0v) is 10.3. The van der Waals surface area contributed by atoms with Crippen molar-refractivity contribution in [3.63, 3.8) is 0 Å². The van der Waals surface area contributed by atoms with Crippen LogP contribution in [0, 0.1) is 16.0 Å². The van der Waals surface area contributed by atoms with E-state index in [4.69, 9.17) is 5.73 Å².